The minimum Gasteiger partial charge on any atom is -0.492 e. The summed E-state index contributed by atoms with van der Waals surface area (Å²) in [7, 11) is 1.40. The molecular formula is C20H20O6. The van der Waals surface area contributed by atoms with Gasteiger partial charge in [0.2, 0.25) is 6.79 Å². The van der Waals surface area contributed by atoms with Gasteiger partial charge in [0.15, 0.2) is 11.5 Å². The van der Waals surface area contributed by atoms with Gasteiger partial charge in [-0.25, -0.2) is 0 Å². The predicted octanol–water partition coefficient (Wildman–Crippen LogP) is 3.34. The van der Waals surface area contributed by atoms with Crippen LogP contribution in [-0.4, -0.2) is 26.5 Å². The summed E-state index contributed by atoms with van der Waals surface area (Å²) in [5.41, 5.74) is 3.05. The van der Waals surface area contributed by atoms with Crippen molar-refractivity contribution >= 4 is 5.97 Å². The lowest BCUT2D eigenvalue weighted by molar-refractivity contribution is -0.141. The number of carbonyl (C=O) groups is 1. The van der Waals surface area contributed by atoms with Crippen LogP contribution in [0.4, 0.5) is 0 Å². The summed E-state index contributed by atoms with van der Waals surface area (Å²) in [4.78, 5) is 11.5. The largest absolute Gasteiger partial charge is 0.492 e. The molecule has 2 heterocycles. The van der Waals surface area contributed by atoms with Crippen molar-refractivity contribution in [3.63, 3.8) is 0 Å². The molecule has 136 valence electrons. The SMILES string of the molecule is COC(=O)CC1COc2cc(OCc3cc(C)cc4c3OCO4)ccc21. The molecule has 0 N–H and O–H groups in total. The summed E-state index contributed by atoms with van der Waals surface area (Å²) in [5, 5.41) is 0. The van der Waals surface area contributed by atoms with Crippen LogP contribution < -0.4 is 18.9 Å². The minimum absolute atomic E-state index is 0.0251. The smallest absolute Gasteiger partial charge is 0.306 e. The molecule has 2 aromatic rings. The predicted molar refractivity (Wildman–Crippen MR) is 92.9 cm³/mol. The van der Waals surface area contributed by atoms with Gasteiger partial charge in [0, 0.05) is 23.1 Å². The molecule has 6 heteroatoms. The summed E-state index contributed by atoms with van der Waals surface area (Å²) in [5.74, 6) is 2.75. The topological polar surface area (TPSA) is 63.2 Å². The van der Waals surface area contributed by atoms with Gasteiger partial charge in [-0.05, 0) is 30.7 Å². The molecule has 6 nitrogen and oxygen atoms in total. The highest BCUT2D eigenvalue weighted by Gasteiger charge is 2.27. The molecule has 0 aromatic heterocycles. The molecule has 0 bridgehead atoms. The Bertz CT molecular complexity index is 844. The highest BCUT2D eigenvalue weighted by molar-refractivity contribution is 5.71. The molecule has 1 atom stereocenters. The normalized spacial score (nSPS) is 16.8. The van der Waals surface area contributed by atoms with Gasteiger partial charge >= 0.3 is 5.97 Å². The van der Waals surface area contributed by atoms with Crippen molar-refractivity contribution in [1.82, 2.24) is 0 Å². The van der Waals surface area contributed by atoms with Gasteiger partial charge in [0.25, 0.3) is 0 Å². The quantitative estimate of drug-likeness (QED) is 0.766. The van der Waals surface area contributed by atoms with Crippen molar-refractivity contribution in [3.8, 4) is 23.0 Å². The number of ether oxygens (including phenoxy) is 5. The summed E-state index contributed by atoms with van der Waals surface area (Å²) < 4.78 is 27.4. The number of hydrogen-bond donors (Lipinski definition) is 0. The second-order valence-electron chi connectivity index (χ2n) is 6.43. The van der Waals surface area contributed by atoms with Gasteiger partial charge in [-0.2, -0.15) is 0 Å². The Balaban J connectivity index is 1.47. The van der Waals surface area contributed by atoms with Crippen molar-refractivity contribution in [2.75, 3.05) is 20.5 Å². The first-order valence-corrected chi connectivity index (χ1v) is 8.49. The Morgan fingerprint density at radius 1 is 1.15 bits per heavy atom. The highest BCUT2D eigenvalue weighted by atomic mass is 16.7. The fourth-order valence-electron chi connectivity index (χ4n) is 3.30. The molecule has 0 amide bonds. The molecule has 0 saturated heterocycles. The van der Waals surface area contributed by atoms with Crippen LogP contribution in [-0.2, 0) is 16.1 Å². The highest BCUT2D eigenvalue weighted by Crippen LogP contribution is 2.40. The van der Waals surface area contributed by atoms with E-state index in [0.29, 0.717) is 25.4 Å². The second kappa shape index (κ2) is 6.78. The van der Waals surface area contributed by atoms with Gasteiger partial charge in [-0.15, -0.1) is 0 Å². The van der Waals surface area contributed by atoms with Gasteiger partial charge in [0.05, 0.1) is 20.1 Å². The molecule has 0 fully saturated rings. The van der Waals surface area contributed by atoms with Crippen molar-refractivity contribution < 1.29 is 28.5 Å². The van der Waals surface area contributed by atoms with E-state index < -0.39 is 0 Å². The Morgan fingerprint density at radius 2 is 2.04 bits per heavy atom. The lowest BCUT2D eigenvalue weighted by Crippen LogP contribution is -2.09. The molecule has 2 aliphatic rings. The zero-order chi connectivity index (χ0) is 18.1. The maximum Gasteiger partial charge on any atom is 0.306 e. The number of carbonyl (C=O) groups excluding carboxylic acids is 1. The standard InChI is InChI=1S/C20H20O6/c1-12-5-14(20-18(6-12)25-11-26-20)10-23-15-3-4-16-13(7-19(21)22-2)9-24-17(16)8-15/h3-6,8,13H,7,9-11H2,1-2H3. The summed E-state index contributed by atoms with van der Waals surface area (Å²) in [6, 6.07) is 9.69. The van der Waals surface area contributed by atoms with Crippen LogP contribution in [0.5, 0.6) is 23.0 Å². The molecule has 2 aromatic carbocycles. The van der Waals surface area contributed by atoms with Gasteiger partial charge in [-0.3, -0.25) is 4.79 Å². The number of benzene rings is 2. The van der Waals surface area contributed by atoms with E-state index in [1.807, 2.05) is 37.3 Å². The van der Waals surface area contributed by atoms with E-state index in [9.17, 15) is 4.79 Å². The van der Waals surface area contributed by atoms with E-state index in [1.54, 1.807) is 0 Å². The van der Waals surface area contributed by atoms with Gasteiger partial charge in [0.1, 0.15) is 18.1 Å². The second-order valence-corrected chi connectivity index (χ2v) is 6.43. The Morgan fingerprint density at radius 3 is 2.88 bits per heavy atom. The van der Waals surface area contributed by atoms with Crippen LogP contribution in [0.3, 0.4) is 0 Å². The summed E-state index contributed by atoms with van der Waals surface area (Å²) in [6.45, 7) is 3.10. The van der Waals surface area contributed by atoms with Crippen LogP contribution in [0, 0.1) is 6.92 Å². The molecule has 26 heavy (non-hydrogen) atoms. The first kappa shape index (κ1) is 16.6. The van der Waals surface area contributed by atoms with Gasteiger partial charge < -0.3 is 23.7 Å². The van der Waals surface area contributed by atoms with E-state index in [1.165, 1.54) is 7.11 Å². The van der Waals surface area contributed by atoms with Gasteiger partial charge in [-0.1, -0.05) is 6.07 Å². The van der Waals surface area contributed by atoms with Crippen LogP contribution in [0.15, 0.2) is 30.3 Å². The van der Waals surface area contributed by atoms with Crippen LogP contribution in [0.2, 0.25) is 0 Å². The molecular weight excluding hydrogens is 336 g/mol. The number of fused-ring (bicyclic) bond motifs is 2. The van der Waals surface area contributed by atoms with Crippen LogP contribution in [0.25, 0.3) is 0 Å². The third-order valence-corrected chi connectivity index (χ3v) is 4.59. The van der Waals surface area contributed by atoms with E-state index in [-0.39, 0.29) is 18.7 Å². The van der Waals surface area contributed by atoms with Crippen molar-refractivity contribution in [1.29, 1.82) is 0 Å². The Kier molecular flexibility index (Phi) is 4.32. The third-order valence-electron chi connectivity index (χ3n) is 4.59. The van der Waals surface area contributed by atoms with Crippen molar-refractivity contribution in [3.05, 3.63) is 47.0 Å². The Hall–Kier alpha value is -2.89. The first-order valence-electron chi connectivity index (χ1n) is 8.49. The number of aryl methyl sites for hydroxylation is 1. The zero-order valence-corrected chi connectivity index (χ0v) is 14.7. The summed E-state index contributed by atoms with van der Waals surface area (Å²) in [6.07, 6.45) is 0.316. The molecule has 0 radical (unpaired) electrons. The molecule has 0 spiro atoms. The number of rotatable bonds is 5. The Labute approximate surface area is 151 Å². The van der Waals surface area contributed by atoms with Crippen molar-refractivity contribution in [2.24, 2.45) is 0 Å². The molecule has 2 aliphatic heterocycles. The first-order chi connectivity index (χ1) is 12.6. The van der Waals surface area contributed by atoms with E-state index >= 15 is 0 Å². The average Bonchev–Trinajstić information content (AvgIpc) is 3.26. The lowest BCUT2D eigenvalue weighted by Gasteiger charge is -2.11. The molecule has 4 rings (SSSR count). The van der Waals surface area contributed by atoms with Crippen molar-refractivity contribution in [2.45, 2.75) is 25.9 Å². The molecule has 0 saturated carbocycles. The lowest BCUT2D eigenvalue weighted by atomic mass is 9.98. The van der Waals surface area contributed by atoms with E-state index in [2.05, 4.69) is 0 Å². The monoisotopic (exact) mass is 356 g/mol. The number of hydrogen-bond acceptors (Lipinski definition) is 6. The van der Waals surface area contributed by atoms with Crippen LogP contribution in [0.1, 0.15) is 29.0 Å². The zero-order valence-electron chi connectivity index (χ0n) is 14.7. The van der Waals surface area contributed by atoms with E-state index in [4.69, 9.17) is 23.7 Å². The van der Waals surface area contributed by atoms with E-state index in [0.717, 1.165) is 33.9 Å². The number of methoxy groups -OCH3 is 1. The average molecular weight is 356 g/mol. The van der Waals surface area contributed by atoms with Crippen LogP contribution >= 0.6 is 0 Å². The third kappa shape index (κ3) is 3.14. The summed E-state index contributed by atoms with van der Waals surface area (Å²) >= 11 is 0. The number of esters is 1. The fourth-order valence-corrected chi connectivity index (χ4v) is 3.30. The molecule has 1 unspecified atom stereocenters. The minimum atomic E-state index is -0.234. The molecule has 0 aliphatic carbocycles. The fraction of sp³-hybridized carbons (Fsp3) is 0.350. The maximum absolute atomic E-state index is 11.5. The maximum atomic E-state index is 11.5.